The van der Waals surface area contributed by atoms with Crippen molar-refractivity contribution in [1.82, 2.24) is 19.9 Å². The molecular weight excluding hydrogens is 386 g/mol. The SMILES string of the molecule is Nc1nc2ccccc2c2c1ncn2CCCCCCCCNC(=O)c1ccccc1. The summed E-state index contributed by atoms with van der Waals surface area (Å²) < 4.78 is 2.20. The summed E-state index contributed by atoms with van der Waals surface area (Å²) in [6.45, 7) is 1.66. The van der Waals surface area contributed by atoms with Gasteiger partial charge in [-0.2, -0.15) is 0 Å². The Balaban J connectivity index is 1.17. The van der Waals surface area contributed by atoms with Crippen LogP contribution in [0.4, 0.5) is 5.82 Å². The minimum Gasteiger partial charge on any atom is -0.382 e. The van der Waals surface area contributed by atoms with Crippen molar-refractivity contribution in [3.63, 3.8) is 0 Å². The van der Waals surface area contributed by atoms with Crippen LogP contribution in [0.15, 0.2) is 60.9 Å². The molecule has 2 heterocycles. The van der Waals surface area contributed by atoms with Crippen molar-refractivity contribution in [2.24, 2.45) is 0 Å². The maximum absolute atomic E-state index is 12.0. The summed E-state index contributed by atoms with van der Waals surface area (Å²) in [6.07, 6.45) is 8.69. The zero-order chi connectivity index (χ0) is 21.5. The number of nitrogen functional groups attached to an aromatic ring is 1. The third-order valence-corrected chi connectivity index (χ3v) is 5.63. The Kier molecular flexibility index (Phi) is 6.77. The van der Waals surface area contributed by atoms with E-state index in [-0.39, 0.29) is 5.91 Å². The zero-order valence-corrected chi connectivity index (χ0v) is 17.8. The van der Waals surface area contributed by atoms with Gasteiger partial charge in [-0.05, 0) is 31.0 Å². The molecule has 0 atom stereocenters. The number of aromatic nitrogens is 3. The standard InChI is InChI=1S/C25H29N5O/c26-24-22-23(20-14-8-9-15-21(20)29-24)30(18-28-22)17-11-4-2-1-3-10-16-27-25(31)19-12-6-5-7-13-19/h5-9,12-15,18H,1-4,10-11,16-17H2,(H2,26,29)(H,27,31). The first-order valence-electron chi connectivity index (χ1n) is 11.1. The minimum absolute atomic E-state index is 0.0107. The largest absolute Gasteiger partial charge is 0.382 e. The van der Waals surface area contributed by atoms with Crippen molar-refractivity contribution in [3.8, 4) is 0 Å². The second kappa shape index (κ2) is 10.1. The summed E-state index contributed by atoms with van der Waals surface area (Å²) in [5.74, 6) is 0.503. The molecule has 6 nitrogen and oxygen atoms in total. The zero-order valence-electron chi connectivity index (χ0n) is 17.8. The van der Waals surface area contributed by atoms with Crippen LogP contribution >= 0.6 is 0 Å². The van der Waals surface area contributed by atoms with Crippen LogP contribution in [-0.2, 0) is 6.54 Å². The molecule has 0 radical (unpaired) electrons. The van der Waals surface area contributed by atoms with Gasteiger partial charge in [0.05, 0.1) is 17.4 Å². The highest BCUT2D eigenvalue weighted by atomic mass is 16.1. The van der Waals surface area contributed by atoms with Gasteiger partial charge >= 0.3 is 0 Å². The number of para-hydroxylation sites is 1. The second-order valence-corrected chi connectivity index (χ2v) is 7.89. The fourth-order valence-corrected chi connectivity index (χ4v) is 3.98. The van der Waals surface area contributed by atoms with Gasteiger partial charge in [-0.25, -0.2) is 9.97 Å². The van der Waals surface area contributed by atoms with E-state index in [4.69, 9.17) is 5.73 Å². The highest BCUT2D eigenvalue weighted by Gasteiger charge is 2.11. The molecule has 160 valence electrons. The molecule has 1 amide bonds. The first-order valence-corrected chi connectivity index (χ1v) is 11.1. The number of aryl methyl sites for hydroxylation is 1. The van der Waals surface area contributed by atoms with Gasteiger partial charge in [0.2, 0.25) is 0 Å². The molecule has 0 unspecified atom stereocenters. The van der Waals surface area contributed by atoms with Gasteiger partial charge in [-0.1, -0.05) is 62.1 Å². The number of benzene rings is 2. The van der Waals surface area contributed by atoms with E-state index < -0.39 is 0 Å². The molecule has 0 aliphatic heterocycles. The lowest BCUT2D eigenvalue weighted by atomic mass is 10.1. The number of anilines is 1. The van der Waals surface area contributed by atoms with E-state index in [1.165, 1.54) is 19.3 Å². The summed E-state index contributed by atoms with van der Waals surface area (Å²) in [7, 11) is 0. The van der Waals surface area contributed by atoms with Crippen LogP contribution in [0, 0.1) is 0 Å². The number of nitrogens with one attached hydrogen (secondary N) is 1. The number of fused-ring (bicyclic) bond motifs is 3. The molecule has 0 fully saturated rings. The molecule has 0 spiro atoms. The van der Waals surface area contributed by atoms with Crippen LogP contribution in [0.1, 0.15) is 48.9 Å². The summed E-state index contributed by atoms with van der Waals surface area (Å²) in [5, 5.41) is 4.09. The van der Waals surface area contributed by atoms with Crippen molar-refractivity contribution >= 4 is 33.7 Å². The molecule has 0 bridgehead atoms. The van der Waals surface area contributed by atoms with E-state index in [2.05, 4.69) is 25.9 Å². The topological polar surface area (TPSA) is 85.8 Å². The monoisotopic (exact) mass is 415 g/mol. The average Bonchev–Trinajstić information content (AvgIpc) is 3.23. The van der Waals surface area contributed by atoms with E-state index in [1.807, 2.05) is 54.9 Å². The molecule has 0 aliphatic carbocycles. The number of carbonyl (C=O) groups excluding carboxylic acids is 1. The first-order chi connectivity index (χ1) is 15.2. The highest BCUT2D eigenvalue weighted by molar-refractivity contribution is 6.06. The van der Waals surface area contributed by atoms with Crippen LogP contribution in [0.3, 0.4) is 0 Å². The molecule has 0 saturated heterocycles. The Bertz CT molecular complexity index is 1150. The van der Waals surface area contributed by atoms with Gasteiger partial charge < -0.3 is 15.6 Å². The predicted molar refractivity (Wildman–Crippen MR) is 126 cm³/mol. The van der Waals surface area contributed by atoms with Gasteiger partial charge in [-0.3, -0.25) is 4.79 Å². The maximum Gasteiger partial charge on any atom is 0.251 e. The average molecular weight is 416 g/mol. The van der Waals surface area contributed by atoms with Crippen molar-refractivity contribution in [2.45, 2.75) is 45.1 Å². The van der Waals surface area contributed by atoms with Gasteiger partial charge in [0.25, 0.3) is 5.91 Å². The van der Waals surface area contributed by atoms with Gasteiger partial charge in [0.1, 0.15) is 5.52 Å². The minimum atomic E-state index is 0.0107. The number of carbonyl (C=O) groups is 1. The molecule has 0 aliphatic rings. The van der Waals surface area contributed by atoms with Crippen LogP contribution in [0.5, 0.6) is 0 Å². The summed E-state index contributed by atoms with van der Waals surface area (Å²) >= 11 is 0. The van der Waals surface area contributed by atoms with E-state index in [9.17, 15) is 4.79 Å². The van der Waals surface area contributed by atoms with Gasteiger partial charge in [0, 0.05) is 24.0 Å². The van der Waals surface area contributed by atoms with Crippen LogP contribution in [0.2, 0.25) is 0 Å². The molecular formula is C25H29N5O. The number of imidazole rings is 1. The molecule has 3 N–H and O–H groups in total. The fraction of sp³-hybridized carbons (Fsp3) is 0.320. The number of hydrogen-bond acceptors (Lipinski definition) is 4. The Morgan fingerprint density at radius 2 is 1.61 bits per heavy atom. The normalized spacial score (nSPS) is 11.2. The second-order valence-electron chi connectivity index (χ2n) is 7.89. The summed E-state index contributed by atoms with van der Waals surface area (Å²) in [4.78, 5) is 21.0. The smallest absolute Gasteiger partial charge is 0.251 e. The predicted octanol–water partition coefficient (Wildman–Crippen LogP) is 4.94. The lowest BCUT2D eigenvalue weighted by Crippen LogP contribution is -2.24. The number of hydrogen-bond donors (Lipinski definition) is 2. The number of nitrogens with zero attached hydrogens (tertiary/aromatic N) is 3. The Morgan fingerprint density at radius 1 is 0.903 bits per heavy atom. The van der Waals surface area contributed by atoms with Crippen molar-refractivity contribution in [1.29, 1.82) is 0 Å². The third-order valence-electron chi connectivity index (χ3n) is 5.63. The molecule has 4 aromatic rings. The Morgan fingerprint density at radius 3 is 2.45 bits per heavy atom. The van der Waals surface area contributed by atoms with Crippen molar-refractivity contribution < 1.29 is 4.79 Å². The van der Waals surface area contributed by atoms with E-state index in [0.29, 0.717) is 5.82 Å². The number of nitrogens with two attached hydrogens (primary N) is 1. The first kappa shape index (κ1) is 20.8. The van der Waals surface area contributed by atoms with E-state index in [0.717, 1.165) is 59.9 Å². The summed E-state index contributed by atoms with van der Waals surface area (Å²) in [6, 6.07) is 17.4. The molecule has 2 aromatic carbocycles. The number of rotatable bonds is 10. The number of pyridine rings is 1. The lowest BCUT2D eigenvalue weighted by Gasteiger charge is -2.08. The van der Waals surface area contributed by atoms with Gasteiger partial charge in [-0.15, -0.1) is 0 Å². The number of unbranched alkanes of at least 4 members (excludes halogenated alkanes) is 5. The fourth-order valence-electron chi connectivity index (χ4n) is 3.98. The van der Waals surface area contributed by atoms with E-state index >= 15 is 0 Å². The number of amides is 1. The van der Waals surface area contributed by atoms with E-state index in [1.54, 1.807) is 0 Å². The summed E-state index contributed by atoms with van der Waals surface area (Å²) in [5.41, 5.74) is 9.61. The highest BCUT2D eigenvalue weighted by Crippen LogP contribution is 2.27. The molecule has 6 heteroatoms. The Hall–Kier alpha value is -3.41. The van der Waals surface area contributed by atoms with Crippen LogP contribution in [0.25, 0.3) is 21.9 Å². The molecule has 31 heavy (non-hydrogen) atoms. The van der Waals surface area contributed by atoms with Gasteiger partial charge in [0.15, 0.2) is 5.82 Å². The van der Waals surface area contributed by atoms with Crippen LogP contribution < -0.4 is 11.1 Å². The van der Waals surface area contributed by atoms with Crippen molar-refractivity contribution in [3.05, 3.63) is 66.5 Å². The third kappa shape index (κ3) is 5.02. The van der Waals surface area contributed by atoms with Crippen molar-refractivity contribution in [2.75, 3.05) is 12.3 Å². The quantitative estimate of drug-likeness (QED) is 0.359. The maximum atomic E-state index is 12.0. The van der Waals surface area contributed by atoms with Crippen LogP contribution in [-0.4, -0.2) is 27.0 Å². The molecule has 2 aromatic heterocycles. The molecule has 4 rings (SSSR count). The lowest BCUT2D eigenvalue weighted by molar-refractivity contribution is 0.0953. The molecule has 0 saturated carbocycles. The Labute approximate surface area is 182 Å².